The number of hydrogen-bond donors (Lipinski definition) is 1. The lowest BCUT2D eigenvalue weighted by Crippen LogP contribution is -2.01. The Kier molecular flexibility index (Phi) is 5.04. The molecule has 1 N–H and O–H groups in total. The maximum atomic E-state index is 11.7. The van der Waals surface area contributed by atoms with Crippen LogP contribution in [0, 0.1) is 0 Å². The van der Waals surface area contributed by atoms with Gasteiger partial charge in [0.25, 0.3) is 0 Å². The first-order valence-corrected chi connectivity index (χ1v) is 10.9. The second-order valence-corrected chi connectivity index (χ2v) is 8.63. The van der Waals surface area contributed by atoms with Gasteiger partial charge in [0, 0.05) is 41.5 Å². The lowest BCUT2D eigenvalue weighted by atomic mass is 10.3. The maximum Gasteiger partial charge on any atom is 0.229 e. The number of rotatable bonds is 6. The molecular formula is C21H20N4O4S. The molecular weight excluding hydrogens is 404 g/mol. The Bertz CT molecular complexity index is 1310. The molecule has 2 heterocycles. The van der Waals surface area contributed by atoms with E-state index in [9.17, 15) is 8.42 Å². The molecule has 2 aromatic carbocycles. The first kappa shape index (κ1) is 19.7. The van der Waals surface area contributed by atoms with Gasteiger partial charge in [0.15, 0.2) is 21.3 Å². The second-order valence-electron chi connectivity index (χ2n) is 6.62. The Labute approximate surface area is 174 Å². The topological polar surface area (TPSA) is 95.3 Å². The van der Waals surface area contributed by atoms with Crippen molar-refractivity contribution >= 4 is 32.5 Å². The second kappa shape index (κ2) is 7.68. The van der Waals surface area contributed by atoms with Gasteiger partial charge in [-0.05, 0) is 42.5 Å². The van der Waals surface area contributed by atoms with Crippen LogP contribution in [0.2, 0.25) is 0 Å². The number of methoxy groups -OCH3 is 2. The molecule has 0 atom stereocenters. The molecule has 4 aromatic rings. The number of hydrogen-bond acceptors (Lipinski definition) is 7. The Morgan fingerprint density at radius 1 is 0.967 bits per heavy atom. The number of ether oxygens (including phenoxy) is 2. The van der Waals surface area contributed by atoms with Crippen LogP contribution in [0.1, 0.15) is 0 Å². The first-order valence-electron chi connectivity index (χ1n) is 9.02. The Balaban J connectivity index is 1.68. The fourth-order valence-electron chi connectivity index (χ4n) is 3.08. The molecule has 0 saturated heterocycles. The zero-order chi connectivity index (χ0) is 21.3. The van der Waals surface area contributed by atoms with Crippen molar-refractivity contribution < 1.29 is 17.9 Å². The number of sulfone groups is 1. The van der Waals surface area contributed by atoms with Gasteiger partial charge in [0.2, 0.25) is 5.95 Å². The lowest BCUT2D eigenvalue weighted by molar-refractivity contribution is 0.355. The molecule has 0 aliphatic rings. The normalized spacial score (nSPS) is 11.4. The Morgan fingerprint density at radius 3 is 2.37 bits per heavy atom. The van der Waals surface area contributed by atoms with Gasteiger partial charge >= 0.3 is 0 Å². The molecule has 4 rings (SSSR count). The van der Waals surface area contributed by atoms with E-state index in [1.165, 1.54) is 6.26 Å². The van der Waals surface area contributed by atoms with E-state index >= 15 is 0 Å². The molecule has 0 amide bonds. The zero-order valence-electron chi connectivity index (χ0n) is 16.7. The summed E-state index contributed by atoms with van der Waals surface area (Å²) in [5.41, 5.74) is 2.25. The summed E-state index contributed by atoms with van der Waals surface area (Å²) < 4.78 is 35.9. The molecule has 0 radical (unpaired) electrons. The summed E-state index contributed by atoms with van der Waals surface area (Å²) >= 11 is 0. The summed E-state index contributed by atoms with van der Waals surface area (Å²) in [5.74, 6) is 1.64. The van der Waals surface area contributed by atoms with Crippen molar-refractivity contribution in [2.45, 2.75) is 4.90 Å². The van der Waals surface area contributed by atoms with Crippen molar-refractivity contribution in [2.75, 3.05) is 25.8 Å². The van der Waals surface area contributed by atoms with E-state index in [0.29, 0.717) is 23.1 Å². The quantitative estimate of drug-likeness (QED) is 0.505. The third-order valence-corrected chi connectivity index (χ3v) is 5.74. The predicted octanol–water partition coefficient (Wildman–Crippen LogP) is 3.58. The predicted molar refractivity (Wildman–Crippen MR) is 115 cm³/mol. The van der Waals surface area contributed by atoms with Gasteiger partial charge < -0.3 is 19.4 Å². The average Bonchev–Trinajstić information content (AvgIpc) is 3.16. The summed E-state index contributed by atoms with van der Waals surface area (Å²) in [6.45, 7) is 0. The van der Waals surface area contributed by atoms with E-state index in [-0.39, 0.29) is 4.90 Å². The summed E-state index contributed by atoms with van der Waals surface area (Å²) in [6.07, 6.45) is 4.79. The standard InChI is InChI=1S/C21H20N4O4S/c1-28-18-9-4-15(12-19(18)29-2)23-21-22-13-14-10-11-25(20(14)24-21)16-5-7-17(8-6-16)30(3,26)27/h4-13H,1-3H3,(H,22,23,24). The van der Waals surface area contributed by atoms with Crippen molar-refractivity contribution in [3.8, 4) is 17.2 Å². The van der Waals surface area contributed by atoms with Crippen LogP contribution in [0.3, 0.4) is 0 Å². The highest BCUT2D eigenvalue weighted by Gasteiger charge is 2.11. The highest BCUT2D eigenvalue weighted by Crippen LogP contribution is 2.31. The molecule has 0 spiro atoms. The van der Waals surface area contributed by atoms with Gasteiger partial charge in [-0.2, -0.15) is 4.98 Å². The maximum absolute atomic E-state index is 11.7. The molecule has 0 saturated carbocycles. The van der Waals surface area contributed by atoms with Crippen LogP contribution in [0.4, 0.5) is 11.6 Å². The van der Waals surface area contributed by atoms with Crippen molar-refractivity contribution in [1.82, 2.24) is 14.5 Å². The smallest absolute Gasteiger partial charge is 0.229 e. The molecule has 0 bridgehead atoms. The fraction of sp³-hybridized carbons (Fsp3) is 0.143. The minimum atomic E-state index is -3.25. The number of nitrogens with zero attached hydrogens (tertiary/aromatic N) is 3. The molecule has 0 aliphatic heterocycles. The minimum Gasteiger partial charge on any atom is -0.493 e. The summed E-state index contributed by atoms with van der Waals surface area (Å²) in [5, 5.41) is 4.03. The van der Waals surface area contributed by atoms with Crippen LogP contribution in [-0.2, 0) is 9.84 Å². The number of anilines is 2. The largest absolute Gasteiger partial charge is 0.493 e. The Morgan fingerprint density at radius 2 is 1.70 bits per heavy atom. The van der Waals surface area contributed by atoms with Gasteiger partial charge in [-0.15, -0.1) is 0 Å². The highest BCUT2D eigenvalue weighted by atomic mass is 32.2. The van der Waals surface area contributed by atoms with E-state index in [1.807, 2.05) is 22.9 Å². The minimum absolute atomic E-state index is 0.271. The average molecular weight is 424 g/mol. The van der Waals surface area contributed by atoms with Crippen LogP contribution in [0.5, 0.6) is 11.5 Å². The van der Waals surface area contributed by atoms with Crippen molar-refractivity contribution in [2.24, 2.45) is 0 Å². The van der Waals surface area contributed by atoms with Crippen molar-refractivity contribution in [3.05, 3.63) is 60.9 Å². The number of fused-ring (bicyclic) bond motifs is 1. The van der Waals surface area contributed by atoms with E-state index in [0.717, 1.165) is 16.8 Å². The molecule has 0 fully saturated rings. The third kappa shape index (κ3) is 3.79. The van der Waals surface area contributed by atoms with E-state index in [2.05, 4.69) is 15.3 Å². The van der Waals surface area contributed by atoms with Gasteiger partial charge in [0.05, 0.1) is 19.1 Å². The van der Waals surface area contributed by atoms with Crippen LogP contribution >= 0.6 is 0 Å². The Hall–Kier alpha value is -3.59. The molecule has 30 heavy (non-hydrogen) atoms. The van der Waals surface area contributed by atoms with Gasteiger partial charge in [-0.25, -0.2) is 13.4 Å². The SMILES string of the molecule is COc1ccc(Nc2ncc3ccn(-c4ccc(S(C)(=O)=O)cc4)c3n2)cc1OC. The fourth-order valence-corrected chi connectivity index (χ4v) is 3.71. The first-order chi connectivity index (χ1) is 14.4. The van der Waals surface area contributed by atoms with E-state index < -0.39 is 9.84 Å². The zero-order valence-corrected chi connectivity index (χ0v) is 17.5. The van der Waals surface area contributed by atoms with Gasteiger partial charge in [-0.1, -0.05) is 0 Å². The number of nitrogens with one attached hydrogen (secondary N) is 1. The van der Waals surface area contributed by atoms with Crippen molar-refractivity contribution in [3.63, 3.8) is 0 Å². The number of aromatic nitrogens is 3. The highest BCUT2D eigenvalue weighted by molar-refractivity contribution is 7.90. The number of benzene rings is 2. The monoisotopic (exact) mass is 424 g/mol. The lowest BCUT2D eigenvalue weighted by Gasteiger charge is -2.11. The van der Waals surface area contributed by atoms with Crippen molar-refractivity contribution in [1.29, 1.82) is 0 Å². The van der Waals surface area contributed by atoms with E-state index in [4.69, 9.17) is 9.47 Å². The van der Waals surface area contributed by atoms with Crippen LogP contribution in [0.25, 0.3) is 16.7 Å². The summed E-state index contributed by atoms with van der Waals surface area (Å²) in [7, 11) is -0.0896. The molecule has 154 valence electrons. The van der Waals surface area contributed by atoms with Crippen LogP contribution < -0.4 is 14.8 Å². The summed E-state index contributed by atoms with van der Waals surface area (Å²) in [6, 6.07) is 14.0. The van der Waals surface area contributed by atoms with Crippen LogP contribution in [0.15, 0.2) is 65.8 Å². The molecule has 0 unspecified atom stereocenters. The van der Waals surface area contributed by atoms with Gasteiger partial charge in [-0.3, -0.25) is 0 Å². The van der Waals surface area contributed by atoms with E-state index in [1.54, 1.807) is 56.8 Å². The van der Waals surface area contributed by atoms with Crippen LogP contribution in [-0.4, -0.2) is 43.4 Å². The van der Waals surface area contributed by atoms with Gasteiger partial charge in [0.1, 0.15) is 5.65 Å². The molecule has 0 aliphatic carbocycles. The summed E-state index contributed by atoms with van der Waals surface area (Å²) in [4.78, 5) is 9.26. The molecule has 9 heteroatoms. The molecule has 8 nitrogen and oxygen atoms in total. The third-order valence-electron chi connectivity index (χ3n) is 4.61. The molecule has 2 aromatic heterocycles.